The molecule has 0 saturated heterocycles. The lowest BCUT2D eigenvalue weighted by molar-refractivity contribution is -0.151. The Labute approximate surface area is 103 Å². The summed E-state index contributed by atoms with van der Waals surface area (Å²) in [5.74, 6) is 4.64. The van der Waals surface area contributed by atoms with Gasteiger partial charge in [-0.05, 0) is 18.2 Å². The van der Waals surface area contributed by atoms with Gasteiger partial charge in [0.2, 0.25) is 0 Å². The maximum atomic E-state index is 10.9. The SMILES string of the molecule is N#Cc1ccc(OCCC(=O)ONN)c(Cl)c1. The van der Waals surface area contributed by atoms with Gasteiger partial charge in [0, 0.05) is 0 Å². The second-order valence-electron chi connectivity index (χ2n) is 2.95. The number of nitriles is 1. The molecule has 0 heterocycles. The summed E-state index contributed by atoms with van der Waals surface area (Å²) in [6.07, 6.45) is 0.0283. The van der Waals surface area contributed by atoms with Crippen molar-refractivity contribution in [3.8, 4) is 11.8 Å². The van der Waals surface area contributed by atoms with Crippen LogP contribution in [0.2, 0.25) is 5.02 Å². The van der Waals surface area contributed by atoms with Gasteiger partial charge in [-0.15, -0.1) is 0 Å². The zero-order valence-electron chi connectivity index (χ0n) is 8.77. The molecule has 0 atom stereocenters. The average Bonchev–Trinajstić information content (AvgIpc) is 2.31. The van der Waals surface area contributed by atoms with Gasteiger partial charge in [-0.2, -0.15) is 5.26 Å². The van der Waals surface area contributed by atoms with Gasteiger partial charge in [-0.25, -0.2) is 5.84 Å². The van der Waals surface area contributed by atoms with Crippen molar-refractivity contribution in [3.63, 3.8) is 0 Å². The van der Waals surface area contributed by atoms with Gasteiger partial charge < -0.3 is 9.57 Å². The highest BCUT2D eigenvalue weighted by Crippen LogP contribution is 2.25. The zero-order valence-corrected chi connectivity index (χ0v) is 9.53. The summed E-state index contributed by atoms with van der Waals surface area (Å²) >= 11 is 5.86. The molecule has 7 heteroatoms. The second-order valence-corrected chi connectivity index (χ2v) is 3.35. The molecule has 0 spiro atoms. The number of benzene rings is 1. The summed E-state index contributed by atoms with van der Waals surface area (Å²) in [5, 5.41) is 8.95. The van der Waals surface area contributed by atoms with E-state index in [2.05, 4.69) is 4.84 Å². The van der Waals surface area contributed by atoms with Crippen molar-refractivity contribution in [1.82, 2.24) is 5.59 Å². The lowest BCUT2D eigenvalue weighted by atomic mass is 10.2. The summed E-state index contributed by atoms with van der Waals surface area (Å²) in [4.78, 5) is 15.2. The highest BCUT2D eigenvalue weighted by Gasteiger charge is 2.06. The van der Waals surface area contributed by atoms with Crippen LogP contribution in [-0.2, 0) is 9.63 Å². The molecule has 0 fully saturated rings. The molecule has 6 nitrogen and oxygen atoms in total. The maximum absolute atomic E-state index is 10.9. The van der Waals surface area contributed by atoms with Gasteiger partial charge >= 0.3 is 5.97 Å². The first kappa shape index (κ1) is 13.3. The fourth-order valence-corrected chi connectivity index (χ4v) is 1.28. The molecular formula is C10H10ClN3O3. The molecule has 0 bridgehead atoms. The Morgan fingerprint density at radius 2 is 2.35 bits per heavy atom. The molecule has 3 N–H and O–H groups in total. The molecule has 0 amide bonds. The minimum atomic E-state index is -0.544. The Bertz CT molecular complexity index is 445. The Balaban J connectivity index is 2.47. The van der Waals surface area contributed by atoms with Crippen LogP contribution >= 0.6 is 11.6 Å². The summed E-state index contributed by atoms with van der Waals surface area (Å²) < 4.78 is 5.24. The van der Waals surface area contributed by atoms with Crippen LogP contribution in [-0.4, -0.2) is 12.6 Å². The minimum Gasteiger partial charge on any atom is -0.491 e. The smallest absolute Gasteiger partial charge is 0.329 e. The molecule has 1 rings (SSSR count). The molecule has 0 radical (unpaired) electrons. The number of hydrogen-bond acceptors (Lipinski definition) is 6. The Hall–Kier alpha value is -1.81. The number of nitrogens with zero attached hydrogens (tertiary/aromatic N) is 1. The van der Waals surface area contributed by atoms with Crippen molar-refractivity contribution in [1.29, 1.82) is 5.26 Å². The highest BCUT2D eigenvalue weighted by atomic mass is 35.5. The average molecular weight is 256 g/mol. The largest absolute Gasteiger partial charge is 0.491 e. The molecule has 90 valence electrons. The van der Waals surface area contributed by atoms with Gasteiger partial charge in [-0.1, -0.05) is 17.2 Å². The summed E-state index contributed by atoms with van der Waals surface area (Å²) in [7, 11) is 0. The monoisotopic (exact) mass is 255 g/mol. The predicted molar refractivity (Wildman–Crippen MR) is 59.7 cm³/mol. The van der Waals surface area contributed by atoms with Crippen molar-refractivity contribution in [3.05, 3.63) is 28.8 Å². The van der Waals surface area contributed by atoms with E-state index in [9.17, 15) is 4.79 Å². The van der Waals surface area contributed by atoms with Gasteiger partial charge in [0.25, 0.3) is 0 Å². The van der Waals surface area contributed by atoms with E-state index in [4.69, 9.17) is 27.4 Å². The van der Waals surface area contributed by atoms with Crippen LogP contribution in [0.1, 0.15) is 12.0 Å². The Kier molecular flexibility index (Phi) is 5.23. The normalized spacial score (nSPS) is 9.47. The van der Waals surface area contributed by atoms with E-state index in [1.54, 1.807) is 17.7 Å². The van der Waals surface area contributed by atoms with E-state index in [1.807, 2.05) is 6.07 Å². The molecule has 0 unspecified atom stereocenters. The van der Waals surface area contributed by atoms with Crippen molar-refractivity contribution in [2.75, 3.05) is 6.61 Å². The van der Waals surface area contributed by atoms with Gasteiger partial charge in [0.05, 0.1) is 29.7 Å². The molecule has 0 aliphatic carbocycles. The number of rotatable bonds is 5. The molecule has 1 aromatic carbocycles. The standard InChI is InChI=1S/C10H10ClN3O3/c11-8-5-7(6-12)1-2-9(8)16-4-3-10(15)17-14-13/h1-2,5,14H,3-4,13H2. The van der Waals surface area contributed by atoms with Crippen molar-refractivity contribution in [2.45, 2.75) is 6.42 Å². The maximum Gasteiger partial charge on any atom is 0.329 e. The van der Waals surface area contributed by atoms with Crippen molar-refractivity contribution >= 4 is 17.6 Å². The van der Waals surface area contributed by atoms with Crippen LogP contribution in [0.4, 0.5) is 0 Å². The topological polar surface area (TPSA) is 97.4 Å². The van der Waals surface area contributed by atoms with Gasteiger partial charge in [-0.3, -0.25) is 4.79 Å². The third kappa shape index (κ3) is 4.28. The van der Waals surface area contributed by atoms with Crippen LogP contribution < -0.4 is 16.2 Å². The second kappa shape index (κ2) is 6.70. The van der Waals surface area contributed by atoms with Crippen LogP contribution in [0.25, 0.3) is 0 Å². The molecule has 0 aliphatic heterocycles. The molecular weight excluding hydrogens is 246 g/mol. The van der Waals surface area contributed by atoms with Crippen LogP contribution in [0.5, 0.6) is 5.75 Å². The molecule has 17 heavy (non-hydrogen) atoms. The first-order valence-corrected chi connectivity index (χ1v) is 5.03. The first-order valence-electron chi connectivity index (χ1n) is 4.65. The van der Waals surface area contributed by atoms with Crippen LogP contribution in [0.15, 0.2) is 18.2 Å². The fourth-order valence-electron chi connectivity index (χ4n) is 1.05. The van der Waals surface area contributed by atoms with Gasteiger partial charge in [0.15, 0.2) is 0 Å². The van der Waals surface area contributed by atoms with E-state index >= 15 is 0 Å². The summed E-state index contributed by atoms with van der Waals surface area (Å²) in [6.45, 7) is 0.103. The third-order valence-corrected chi connectivity index (χ3v) is 2.09. The third-order valence-electron chi connectivity index (χ3n) is 1.80. The number of nitrogens with one attached hydrogen (secondary N) is 1. The lowest BCUT2D eigenvalue weighted by Crippen LogP contribution is -2.26. The minimum absolute atomic E-state index is 0.0283. The summed E-state index contributed by atoms with van der Waals surface area (Å²) in [6, 6.07) is 6.57. The van der Waals surface area contributed by atoms with Crippen molar-refractivity contribution < 1.29 is 14.4 Å². The zero-order chi connectivity index (χ0) is 12.7. The quantitative estimate of drug-likeness (QED) is 0.599. The van der Waals surface area contributed by atoms with E-state index in [-0.39, 0.29) is 13.0 Å². The van der Waals surface area contributed by atoms with Crippen LogP contribution in [0, 0.1) is 11.3 Å². The number of carbonyl (C=O) groups is 1. The van der Waals surface area contributed by atoms with E-state index in [1.165, 1.54) is 6.07 Å². The fraction of sp³-hybridized carbons (Fsp3) is 0.200. The Morgan fingerprint density at radius 3 is 2.94 bits per heavy atom. The number of halogens is 1. The number of carbonyl (C=O) groups excluding carboxylic acids is 1. The first-order chi connectivity index (χ1) is 8.17. The number of ether oxygens (including phenoxy) is 1. The molecule has 0 saturated carbocycles. The van der Waals surface area contributed by atoms with Crippen molar-refractivity contribution in [2.24, 2.45) is 5.84 Å². The number of nitrogens with two attached hydrogens (primary N) is 1. The van der Waals surface area contributed by atoms with E-state index in [0.29, 0.717) is 16.3 Å². The number of hydrazine groups is 1. The molecule has 0 aliphatic rings. The highest BCUT2D eigenvalue weighted by molar-refractivity contribution is 6.32. The Morgan fingerprint density at radius 1 is 1.59 bits per heavy atom. The number of hydrogen-bond donors (Lipinski definition) is 2. The molecule has 1 aromatic rings. The summed E-state index contributed by atoms with van der Waals surface area (Å²) in [5.41, 5.74) is 2.21. The molecule has 0 aromatic heterocycles. The van der Waals surface area contributed by atoms with Gasteiger partial charge in [0.1, 0.15) is 5.75 Å². The van der Waals surface area contributed by atoms with E-state index in [0.717, 1.165) is 0 Å². The predicted octanol–water partition coefficient (Wildman–Crippen LogP) is 0.902. The lowest BCUT2D eigenvalue weighted by Gasteiger charge is -2.07. The van der Waals surface area contributed by atoms with E-state index < -0.39 is 5.97 Å². The van der Waals surface area contributed by atoms with Crippen LogP contribution in [0.3, 0.4) is 0 Å².